The molecular weight excluding hydrogens is 282 g/mol. The molecule has 7 heteroatoms. The zero-order valence-electron chi connectivity index (χ0n) is 12.1. The summed E-state index contributed by atoms with van der Waals surface area (Å²) in [5, 5.41) is 0. The molecule has 22 heavy (non-hydrogen) atoms. The number of aromatic nitrogens is 3. The fourth-order valence-electron chi connectivity index (χ4n) is 2.88. The van der Waals surface area contributed by atoms with Crippen LogP contribution in [-0.2, 0) is 13.1 Å². The number of para-hydroxylation sites is 1. The molecule has 1 aromatic carbocycles. The number of anilines is 1. The number of rotatable bonds is 1. The Hall–Kier alpha value is -2.83. The highest BCUT2D eigenvalue weighted by Gasteiger charge is 2.25. The summed E-state index contributed by atoms with van der Waals surface area (Å²) in [5.74, 6) is 0.828. The van der Waals surface area contributed by atoms with Crippen LogP contribution in [0.25, 0.3) is 11.1 Å². The molecule has 112 valence electrons. The van der Waals surface area contributed by atoms with E-state index in [0.717, 1.165) is 18.1 Å². The van der Waals surface area contributed by atoms with Crippen molar-refractivity contribution in [1.82, 2.24) is 19.4 Å². The summed E-state index contributed by atoms with van der Waals surface area (Å²) in [6, 6.07) is 5.34. The summed E-state index contributed by atoms with van der Waals surface area (Å²) >= 11 is 0. The molecule has 3 aromatic rings. The average Bonchev–Trinajstić information content (AvgIpc) is 3.05. The highest BCUT2D eigenvalue weighted by atomic mass is 16.4. The highest BCUT2D eigenvalue weighted by Crippen LogP contribution is 2.23. The zero-order chi connectivity index (χ0) is 15.3. The second-order valence-corrected chi connectivity index (χ2v) is 5.42. The van der Waals surface area contributed by atoms with Gasteiger partial charge in [0.1, 0.15) is 11.3 Å². The normalized spacial score (nSPS) is 14.3. The molecule has 0 bridgehead atoms. The van der Waals surface area contributed by atoms with E-state index in [-0.39, 0.29) is 11.9 Å². The summed E-state index contributed by atoms with van der Waals surface area (Å²) in [7, 11) is 0. The molecule has 0 unspecified atom stereocenters. The molecular formula is C15H15N5O2. The van der Waals surface area contributed by atoms with Crippen LogP contribution in [0, 0.1) is 6.92 Å². The first-order valence-electron chi connectivity index (χ1n) is 7.09. The molecule has 3 heterocycles. The van der Waals surface area contributed by atoms with Gasteiger partial charge in [0.2, 0.25) is 0 Å². The molecule has 2 N–H and O–H groups in total. The highest BCUT2D eigenvalue weighted by molar-refractivity contribution is 6.04. The lowest BCUT2D eigenvalue weighted by atomic mass is 10.1. The van der Waals surface area contributed by atoms with Gasteiger partial charge in [-0.25, -0.2) is 4.98 Å². The fourth-order valence-corrected chi connectivity index (χ4v) is 2.88. The Morgan fingerprint density at radius 2 is 2.18 bits per heavy atom. The van der Waals surface area contributed by atoms with Crippen LogP contribution in [0.3, 0.4) is 0 Å². The number of imidazole rings is 1. The number of carbonyl (C=O) groups is 1. The van der Waals surface area contributed by atoms with Gasteiger partial charge in [-0.1, -0.05) is 6.07 Å². The van der Waals surface area contributed by atoms with Gasteiger partial charge < -0.3 is 19.6 Å². The van der Waals surface area contributed by atoms with Gasteiger partial charge in [-0.15, -0.1) is 0 Å². The van der Waals surface area contributed by atoms with Crippen LogP contribution in [-0.4, -0.2) is 31.9 Å². The Labute approximate surface area is 126 Å². The molecule has 0 spiro atoms. The van der Waals surface area contributed by atoms with Gasteiger partial charge in [-0.3, -0.25) is 4.79 Å². The number of benzene rings is 1. The Morgan fingerprint density at radius 1 is 1.32 bits per heavy atom. The van der Waals surface area contributed by atoms with Crippen LogP contribution in [0.1, 0.15) is 21.9 Å². The number of aryl methyl sites for hydroxylation is 1. The Kier molecular flexibility index (Phi) is 2.69. The third kappa shape index (κ3) is 1.93. The number of carbonyl (C=O) groups excluding carboxylic acids is 1. The van der Waals surface area contributed by atoms with Gasteiger partial charge in [-0.2, -0.15) is 4.98 Å². The predicted octanol–water partition coefficient (Wildman–Crippen LogP) is 1.57. The van der Waals surface area contributed by atoms with Crippen molar-refractivity contribution < 1.29 is 9.21 Å². The van der Waals surface area contributed by atoms with Crippen molar-refractivity contribution in [2.75, 3.05) is 12.3 Å². The van der Waals surface area contributed by atoms with Crippen LogP contribution in [0.2, 0.25) is 0 Å². The molecule has 1 amide bonds. The number of nitrogens with zero attached hydrogens (tertiary/aromatic N) is 4. The van der Waals surface area contributed by atoms with E-state index in [4.69, 9.17) is 10.2 Å². The number of nitrogens with two attached hydrogens (primary N) is 1. The number of hydrogen-bond donors (Lipinski definition) is 1. The van der Waals surface area contributed by atoms with Crippen LogP contribution in [0.5, 0.6) is 0 Å². The third-order valence-electron chi connectivity index (χ3n) is 3.88. The minimum absolute atomic E-state index is 0.0695. The predicted molar refractivity (Wildman–Crippen MR) is 80.1 cm³/mol. The van der Waals surface area contributed by atoms with Crippen molar-refractivity contribution in [3.8, 4) is 0 Å². The molecule has 7 nitrogen and oxygen atoms in total. The van der Waals surface area contributed by atoms with Crippen molar-refractivity contribution in [3.05, 3.63) is 41.5 Å². The van der Waals surface area contributed by atoms with E-state index >= 15 is 0 Å². The number of nitrogen functional groups attached to an aromatic ring is 1. The molecule has 2 aromatic heterocycles. The molecule has 0 fully saturated rings. The first kappa shape index (κ1) is 12.9. The van der Waals surface area contributed by atoms with Gasteiger partial charge >= 0.3 is 0 Å². The molecule has 0 radical (unpaired) electrons. The van der Waals surface area contributed by atoms with Gasteiger partial charge in [0, 0.05) is 19.3 Å². The topological polar surface area (TPSA) is 90.2 Å². The fraction of sp³-hybridized carbons (Fsp3) is 0.267. The Morgan fingerprint density at radius 3 is 3.05 bits per heavy atom. The molecule has 0 atom stereocenters. The van der Waals surface area contributed by atoms with Crippen molar-refractivity contribution in [3.63, 3.8) is 0 Å². The largest absolute Gasteiger partial charge is 0.424 e. The van der Waals surface area contributed by atoms with E-state index in [9.17, 15) is 4.79 Å². The number of hydrogen-bond acceptors (Lipinski definition) is 5. The molecule has 1 aliphatic rings. The first-order chi connectivity index (χ1) is 10.6. The van der Waals surface area contributed by atoms with E-state index in [0.29, 0.717) is 29.8 Å². The van der Waals surface area contributed by atoms with Gasteiger partial charge in [0.25, 0.3) is 11.9 Å². The molecule has 4 rings (SSSR count). The molecule has 0 aliphatic carbocycles. The van der Waals surface area contributed by atoms with Crippen molar-refractivity contribution in [1.29, 1.82) is 0 Å². The Bertz CT molecular complexity index is 879. The number of fused-ring (bicyclic) bond motifs is 2. The summed E-state index contributed by atoms with van der Waals surface area (Å²) in [6.07, 6.45) is 2.01. The van der Waals surface area contributed by atoms with Gasteiger partial charge in [0.15, 0.2) is 5.58 Å². The molecule has 1 aliphatic heterocycles. The van der Waals surface area contributed by atoms with Gasteiger partial charge in [0.05, 0.1) is 17.8 Å². The maximum absolute atomic E-state index is 12.8. The van der Waals surface area contributed by atoms with Crippen molar-refractivity contribution >= 4 is 23.0 Å². The SMILES string of the molecule is Cc1cn2c(n1)CN(C(=O)c1cccc3oc(N)nc13)CC2. The third-order valence-corrected chi connectivity index (χ3v) is 3.88. The van der Waals surface area contributed by atoms with Crippen LogP contribution >= 0.6 is 0 Å². The standard InChI is InChI=1S/C15H15N5O2/c1-9-7-19-5-6-20(8-12(19)17-9)14(21)10-3-2-4-11-13(10)18-15(16)22-11/h2-4,7H,5-6,8H2,1H3,(H2,16,18). The average molecular weight is 297 g/mol. The molecule has 0 saturated carbocycles. The van der Waals surface area contributed by atoms with Crippen molar-refractivity contribution in [2.24, 2.45) is 0 Å². The van der Waals surface area contributed by atoms with E-state index in [2.05, 4.69) is 14.5 Å². The lowest BCUT2D eigenvalue weighted by Crippen LogP contribution is -2.38. The Balaban J connectivity index is 1.69. The van der Waals surface area contributed by atoms with E-state index in [1.54, 1.807) is 23.1 Å². The van der Waals surface area contributed by atoms with E-state index < -0.39 is 0 Å². The first-order valence-corrected chi connectivity index (χ1v) is 7.09. The maximum Gasteiger partial charge on any atom is 0.293 e. The van der Waals surface area contributed by atoms with E-state index in [1.165, 1.54) is 0 Å². The summed E-state index contributed by atoms with van der Waals surface area (Å²) < 4.78 is 7.38. The lowest BCUT2D eigenvalue weighted by Gasteiger charge is -2.27. The smallest absolute Gasteiger partial charge is 0.293 e. The quantitative estimate of drug-likeness (QED) is 0.736. The second-order valence-electron chi connectivity index (χ2n) is 5.42. The second kappa shape index (κ2) is 4.59. The summed E-state index contributed by atoms with van der Waals surface area (Å²) in [4.78, 5) is 23.2. The number of oxazole rings is 1. The lowest BCUT2D eigenvalue weighted by molar-refractivity contribution is 0.0709. The number of amides is 1. The van der Waals surface area contributed by atoms with Crippen molar-refractivity contribution in [2.45, 2.75) is 20.0 Å². The maximum atomic E-state index is 12.8. The van der Waals surface area contributed by atoms with Crippen LogP contribution in [0.15, 0.2) is 28.8 Å². The van der Waals surface area contributed by atoms with Gasteiger partial charge in [-0.05, 0) is 19.1 Å². The van der Waals surface area contributed by atoms with Crippen LogP contribution < -0.4 is 5.73 Å². The van der Waals surface area contributed by atoms with Crippen LogP contribution in [0.4, 0.5) is 6.01 Å². The molecule has 0 saturated heterocycles. The summed E-state index contributed by atoms with van der Waals surface area (Å²) in [5.41, 5.74) is 8.10. The van der Waals surface area contributed by atoms with E-state index in [1.807, 2.05) is 13.1 Å². The summed E-state index contributed by atoms with van der Waals surface area (Å²) in [6.45, 7) is 3.84. The minimum atomic E-state index is -0.0780. The zero-order valence-corrected chi connectivity index (χ0v) is 12.1. The minimum Gasteiger partial charge on any atom is -0.424 e. The monoisotopic (exact) mass is 297 g/mol.